The molecular weight excluding hydrogens is 432 g/mol. The van der Waals surface area contributed by atoms with Gasteiger partial charge < -0.3 is 13.6 Å². The molecule has 1 aliphatic rings. The molecule has 0 saturated carbocycles. The van der Waals surface area contributed by atoms with Gasteiger partial charge in [0.15, 0.2) is 0 Å². The molecule has 3 nitrogen and oxygen atoms in total. The van der Waals surface area contributed by atoms with Crippen molar-refractivity contribution in [3.05, 3.63) is 109 Å². The number of hydrogen-bond acceptors (Lipinski definition) is 3. The van der Waals surface area contributed by atoms with Gasteiger partial charge in [0.2, 0.25) is 0 Å². The van der Waals surface area contributed by atoms with E-state index in [-0.39, 0.29) is 0 Å². The Bertz CT molecular complexity index is 1940. The average Bonchev–Trinajstić information content (AvgIpc) is 3.54. The summed E-state index contributed by atoms with van der Waals surface area (Å²) >= 11 is 0. The zero-order chi connectivity index (χ0) is 22.9. The SMILES string of the molecule is c1ccc2c(c1)Oc1cccc3cc(-c4ccc(-c5ccc6c(c5)oc5ccccc56)o4)cc-2c13. The summed E-state index contributed by atoms with van der Waals surface area (Å²) < 4.78 is 18.7. The largest absolute Gasteiger partial charge is 0.456 e. The monoisotopic (exact) mass is 450 g/mol. The number of fused-ring (bicyclic) bond motifs is 5. The third kappa shape index (κ3) is 2.72. The fraction of sp³-hybridized carbons (Fsp3) is 0. The first kappa shape index (κ1) is 18.6. The second-order valence-electron chi connectivity index (χ2n) is 8.95. The zero-order valence-electron chi connectivity index (χ0n) is 18.6. The maximum atomic E-state index is 6.39. The van der Waals surface area contributed by atoms with Crippen molar-refractivity contribution in [2.24, 2.45) is 0 Å². The van der Waals surface area contributed by atoms with E-state index in [2.05, 4.69) is 48.5 Å². The highest BCUT2D eigenvalue weighted by Crippen LogP contribution is 2.48. The van der Waals surface area contributed by atoms with Crippen molar-refractivity contribution < 1.29 is 13.6 Å². The molecule has 0 N–H and O–H groups in total. The minimum atomic E-state index is 0.814. The van der Waals surface area contributed by atoms with Gasteiger partial charge in [0, 0.05) is 32.8 Å². The van der Waals surface area contributed by atoms with Gasteiger partial charge >= 0.3 is 0 Å². The highest BCUT2D eigenvalue weighted by atomic mass is 16.5. The molecule has 0 bridgehead atoms. The second-order valence-corrected chi connectivity index (χ2v) is 8.95. The summed E-state index contributed by atoms with van der Waals surface area (Å²) in [7, 11) is 0. The van der Waals surface area contributed by atoms with Gasteiger partial charge in [-0.15, -0.1) is 0 Å². The van der Waals surface area contributed by atoms with Crippen LogP contribution in [0.4, 0.5) is 0 Å². The fourth-order valence-electron chi connectivity index (χ4n) is 5.26. The lowest BCUT2D eigenvalue weighted by molar-refractivity contribution is 0.487. The molecule has 0 atom stereocenters. The first-order valence-electron chi connectivity index (χ1n) is 11.7. The maximum absolute atomic E-state index is 6.39. The molecule has 0 saturated heterocycles. The highest BCUT2D eigenvalue weighted by molar-refractivity contribution is 6.07. The molecule has 1 aliphatic heterocycles. The molecule has 35 heavy (non-hydrogen) atoms. The van der Waals surface area contributed by atoms with E-state index < -0.39 is 0 Å². The molecular formula is C32H18O3. The molecule has 8 rings (SSSR count). The Labute approximate surface area is 200 Å². The summed E-state index contributed by atoms with van der Waals surface area (Å²) in [6.07, 6.45) is 0. The summed E-state index contributed by atoms with van der Waals surface area (Å²) in [4.78, 5) is 0. The molecule has 0 amide bonds. The first-order valence-corrected chi connectivity index (χ1v) is 11.7. The van der Waals surface area contributed by atoms with E-state index in [0.29, 0.717) is 0 Å². The van der Waals surface area contributed by atoms with Crippen molar-refractivity contribution in [3.63, 3.8) is 0 Å². The molecule has 5 aromatic carbocycles. The minimum absolute atomic E-state index is 0.814. The van der Waals surface area contributed by atoms with Gasteiger partial charge in [0.25, 0.3) is 0 Å². The molecule has 0 spiro atoms. The predicted octanol–water partition coefficient (Wildman–Crippen LogP) is 9.44. The van der Waals surface area contributed by atoms with Crippen LogP contribution in [-0.4, -0.2) is 0 Å². The number of para-hydroxylation sites is 2. The van der Waals surface area contributed by atoms with E-state index in [1.165, 1.54) is 0 Å². The van der Waals surface area contributed by atoms with Gasteiger partial charge in [0.1, 0.15) is 34.2 Å². The van der Waals surface area contributed by atoms with E-state index in [0.717, 1.165) is 78.0 Å². The number of hydrogen-bond donors (Lipinski definition) is 0. The highest BCUT2D eigenvalue weighted by Gasteiger charge is 2.21. The maximum Gasteiger partial charge on any atom is 0.136 e. The van der Waals surface area contributed by atoms with Gasteiger partial charge in [-0.2, -0.15) is 0 Å². The molecule has 0 fully saturated rings. The Kier molecular flexibility index (Phi) is 3.66. The van der Waals surface area contributed by atoms with Crippen LogP contribution in [0.5, 0.6) is 11.5 Å². The Morgan fingerprint density at radius 1 is 0.457 bits per heavy atom. The average molecular weight is 450 g/mol. The van der Waals surface area contributed by atoms with Gasteiger partial charge in [-0.25, -0.2) is 0 Å². The summed E-state index contributed by atoms with van der Waals surface area (Å²) in [6, 6.07) is 37.2. The van der Waals surface area contributed by atoms with Crippen LogP contribution >= 0.6 is 0 Å². The van der Waals surface area contributed by atoms with E-state index in [1.807, 2.05) is 60.7 Å². The Balaban J connectivity index is 1.27. The molecule has 164 valence electrons. The van der Waals surface area contributed by atoms with Crippen LogP contribution < -0.4 is 4.74 Å². The molecule has 0 radical (unpaired) electrons. The van der Waals surface area contributed by atoms with Crippen LogP contribution in [-0.2, 0) is 0 Å². The Hall–Kier alpha value is -4.76. The summed E-state index contributed by atoms with van der Waals surface area (Å²) in [5.41, 5.74) is 6.05. The predicted molar refractivity (Wildman–Crippen MR) is 140 cm³/mol. The lowest BCUT2D eigenvalue weighted by atomic mass is 9.92. The van der Waals surface area contributed by atoms with Crippen molar-refractivity contribution in [2.75, 3.05) is 0 Å². The van der Waals surface area contributed by atoms with Crippen molar-refractivity contribution >= 4 is 32.7 Å². The van der Waals surface area contributed by atoms with Crippen LogP contribution in [0.15, 0.2) is 118 Å². The Morgan fingerprint density at radius 2 is 1.26 bits per heavy atom. The van der Waals surface area contributed by atoms with Crippen LogP contribution in [0.3, 0.4) is 0 Å². The fourth-order valence-corrected chi connectivity index (χ4v) is 5.26. The Morgan fingerprint density at radius 3 is 2.23 bits per heavy atom. The lowest BCUT2D eigenvalue weighted by Crippen LogP contribution is -1.97. The van der Waals surface area contributed by atoms with Crippen molar-refractivity contribution in [3.8, 4) is 45.3 Å². The van der Waals surface area contributed by atoms with Gasteiger partial charge in [0.05, 0.1) is 0 Å². The topological polar surface area (TPSA) is 35.5 Å². The third-order valence-corrected chi connectivity index (χ3v) is 6.89. The number of ether oxygens (including phenoxy) is 1. The second kappa shape index (κ2) is 6.87. The zero-order valence-corrected chi connectivity index (χ0v) is 18.6. The molecule has 3 heterocycles. The number of rotatable bonds is 2. The van der Waals surface area contributed by atoms with Crippen LogP contribution in [0.1, 0.15) is 0 Å². The normalized spacial score (nSPS) is 12.2. The van der Waals surface area contributed by atoms with Gasteiger partial charge in [-0.3, -0.25) is 0 Å². The minimum Gasteiger partial charge on any atom is -0.456 e. The van der Waals surface area contributed by atoms with E-state index in [1.54, 1.807) is 0 Å². The van der Waals surface area contributed by atoms with Crippen molar-refractivity contribution in [1.29, 1.82) is 0 Å². The molecule has 2 aromatic heterocycles. The van der Waals surface area contributed by atoms with E-state index >= 15 is 0 Å². The summed E-state index contributed by atoms with van der Waals surface area (Å²) in [5.74, 6) is 3.41. The van der Waals surface area contributed by atoms with Crippen molar-refractivity contribution in [2.45, 2.75) is 0 Å². The van der Waals surface area contributed by atoms with E-state index in [9.17, 15) is 0 Å². The van der Waals surface area contributed by atoms with Crippen LogP contribution in [0.2, 0.25) is 0 Å². The lowest BCUT2D eigenvalue weighted by Gasteiger charge is -2.21. The van der Waals surface area contributed by atoms with E-state index in [4.69, 9.17) is 13.6 Å². The van der Waals surface area contributed by atoms with Crippen LogP contribution in [0.25, 0.3) is 66.5 Å². The smallest absolute Gasteiger partial charge is 0.136 e. The van der Waals surface area contributed by atoms with Gasteiger partial charge in [-0.05, 0) is 65.5 Å². The summed E-state index contributed by atoms with van der Waals surface area (Å²) in [6.45, 7) is 0. The van der Waals surface area contributed by atoms with Gasteiger partial charge in [-0.1, -0.05) is 54.6 Å². The summed E-state index contributed by atoms with van der Waals surface area (Å²) in [5, 5.41) is 4.51. The third-order valence-electron chi connectivity index (χ3n) is 6.89. The molecule has 3 heteroatoms. The van der Waals surface area contributed by atoms with Crippen LogP contribution in [0, 0.1) is 0 Å². The molecule has 0 aliphatic carbocycles. The number of furan rings is 2. The molecule has 0 unspecified atom stereocenters. The standard InChI is InChI=1S/C32H18O3/c1-3-9-28-22(7-1)24-13-12-19(18-31(24)35-28)26-14-15-27(33-26)21-16-20-6-5-11-30-32(20)25(17-21)23-8-2-4-10-29(23)34-30/h1-18H. The molecule has 7 aromatic rings. The quantitative estimate of drug-likeness (QED) is 0.263. The first-order chi connectivity index (χ1) is 17.3. The van der Waals surface area contributed by atoms with Crippen molar-refractivity contribution in [1.82, 2.24) is 0 Å². The number of benzene rings is 5.